The van der Waals surface area contributed by atoms with Crippen LogP contribution in [-0.4, -0.2) is 83.5 Å². The molecule has 182 valence electrons. The molecule has 0 saturated carbocycles. The van der Waals surface area contributed by atoms with E-state index in [1.165, 1.54) is 18.5 Å². The summed E-state index contributed by atoms with van der Waals surface area (Å²) < 4.78 is 10.9. The van der Waals surface area contributed by atoms with Gasteiger partial charge in [-0.25, -0.2) is 0 Å². The highest BCUT2D eigenvalue weighted by molar-refractivity contribution is 14.0. The molecule has 7 nitrogen and oxygen atoms in total. The van der Waals surface area contributed by atoms with Crippen LogP contribution in [0.2, 0.25) is 0 Å². The zero-order valence-corrected chi connectivity index (χ0v) is 22.5. The lowest BCUT2D eigenvalue weighted by Crippen LogP contribution is -2.51. The Hall–Kier alpha value is -1.26. The van der Waals surface area contributed by atoms with E-state index in [1.54, 1.807) is 7.11 Å². The van der Waals surface area contributed by atoms with Gasteiger partial charge in [-0.05, 0) is 36.8 Å². The van der Waals surface area contributed by atoms with E-state index in [0.29, 0.717) is 17.9 Å². The van der Waals surface area contributed by atoms with Crippen molar-refractivity contribution in [2.24, 2.45) is 16.8 Å². The summed E-state index contributed by atoms with van der Waals surface area (Å²) in [5.41, 5.74) is 1.24. The van der Waals surface area contributed by atoms with Crippen molar-refractivity contribution in [3.63, 3.8) is 0 Å². The molecule has 0 aliphatic carbocycles. The van der Waals surface area contributed by atoms with E-state index in [0.717, 1.165) is 64.2 Å². The summed E-state index contributed by atoms with van der Waals surface area (Å²) in [6.07, 6.45) is 2.37. The maximum Gasteiger partial charge on any atom is 0.191 e. The topological polar surface area (TPSA) is 61.4 Å². The van der Waals surface area contributed by atoms with Crippen LogP contribution in [0.3, 0.4) is 0 Å². The molecule has 3 rings (SSSR count). The lowest BCUT2D eigenvalue weighted by Gasteiger charge is -2.35. The predicted molar refractivity (Wildman–Crippen MR) is 144 cm³/mol. The number of nitrogens with zero attached hydrogens (tertiary/aromatic N) is 3. The van der Waals surface area contributed by atoms with Gasteiger partial charge >= 0.3 is 0 Å². The van der Waals surface area contributed by atoms with E-state index < -0.39 is 0 Å². The Labute approximate surface area is 211 Å². The predicted octanol–water partition coefficient (Wildman–Crippen LogP) is 3.05. The fourth-order valence-corrected chi connectivity index (χ4v) is 4.57. The van der Waals surface area contributed by atoms with Gasteiger partial charge in [0.2, 0.25) is 0 Å². The maximum atomic E-state index is 5.54. The number of nitrogens with one attached hydrogen (secondary N) is 2. The molecule has 0 bridgehead atoms. The zero-order chi connectivity index (χ0) is 22.1. The van der Waals surface area contributed by atoms with Gasteiger partial charge in [0.1, 0.15) is 5.75 Å². The molecule has 32 heavy (non-hydrogen) atoms. The number of methoxy groups -OCH3 is 1. The second kappa shape index (κ2) is 14.1. The number of hydrogen-bond acceptors (Lipinski definition) is 5. The summed E-state index contributed by atoms with van der Waals surface area (Å²) >= 11 is 0. The van der Waals surface area contributed by atoms with Crippen LogP contribution in [-0.2, 0) is 4.74 Å². The standard InChI is InChI=1S/C24H41N5O2.HI/c1-19(2)14-22(28-10-12-31-13-11-28)17-27-24(25-3)26-16-20-8-9-29(18-20)21-6-5-7-23(15-21)30-4;/h5-7,15,19-20,22H,8-14,16-18H2,1-4H3,(H2,25,26,27);1H. The normalized spacial score (nSPS) is 20.7. The van der Waals surface area contributed by atoms with E-state index in [4.69, 9.17) is 9.47 Å². The third kappa shape index (κ3) is 8.26. The van der Waals surface area contributed by atoms with Gasteiger partial charge in [0.05, 0.1) is 20.3 Å². The van der Waals surface area contributed by atoms with E-state index in [2.05, 4.69) is 57.5 Å². The molecule has 1 aromatic rings. The molecule has 2 heterocycles. The highest BCUT2D eigenvalue weighted by Gasteiger charge is 2.24. The minimum absolute atomic E-state index is 0. The smallest absolute Gasteiger partial charge is 0.191 e. The second-order valence-corrected chi connectivity index (χ2v) is 9.07. The lowest BCUT2D eigenvalue weighted by atomic mass is 10.0. The number of hydrogen-bond donors (Lipinski definition) is 2. The number of rotatable bonds is 9. The number of halogens is 1. The number of aliphatic imine (C=N–C) groups is 1. The first-order valence-corrected chi connectivity index (χ1v) is 11.7. The van der Waals surface area contributed by atoms with Crippen LogP contribution in [0.15, 0.2) is 29.3 Å². The lowest BCUT2D eigenvalue weighted by molar-refractivity contribution is 0.0132. The molecule has 0 spiro atoms. The summed E-state index contributed by atoms with van der Waals surface area (Å²) in [6, 6.07) is 8.86. The summed E-state index contributed by atoms with van der Waals surface area (Å²) in [6.45, 7) is 12.3. The Morgan fingerprint density at radius 3 is 2.69 bits per heavy atom. The Balaban J connectivity index is 0.00000363. The van der Waals surface area contributed by atoms with Crippen molar-refractivity contribution < 1.29 is 9.47 Å². The Bertz CT molecular complexity index is 697. The molecule has 1 aromatic carbocycles. The fourth-order valence-electron chi connectivity index (χ4n) is 4.57. The first-order valence-electron chi connectivity index (χ1n) is 11.7. The summed E-state index contributed by atoms with van der Waals surface area (Å²) in [5.74, 6) is 3.10. The van der Waals surface area contributed by atoms with Crippen molar-refractivity contribution in [2.75, 3.05) is 71.5 Å². The zero-order valence-electron chi connectivity index (χ0n) is 20.2. The van der Waals surface area contributed by atoms with Crippen LogP contribution in [0.25, 0.3) is 0 Å². The maximum absolute atomic E-state index is 5.54. The Morgan fingerprint density at radius 1 is 1.22 bits per heavy atom. The van der Waals surface area contributed by atoms with Gasteiger partial charge in [0, 0.05) is 64.1 Å². The largest absolute Gasteiger partial charge is 0.497 e. The van der Waals surface area contributed by atoms with E-state index in [-0.39, 0.29) is 24.0 Å². The monoisotopic (exact) mass is 559 g/mol. The van der Waals surface area contributed by atoms with Crippen molar-refractivity contribution in [3.8, 4) is 5.75 Å². The van der Waals surface area contributed by atoms with Crippen molar-refractivity contribution >= 4 is 35.6 Å². The van der Waals surface area contributed by atoms with Gasteiger partial charge in [-0.2, -0.15) is 0 Å². The summed E-state index contributed by atoms with van der Waals surface area (Å²) in [4.78, 5) is 9.48. The first kappa shape index (κ1) is 27.0. The Morgan fingerprint density at radius 2 is 2.00 bits per heavy atom. The van der Waals surface area contributed by atoms with Gasteiger partial charge in [0.15, 0.2) is 5.96 Å². The highest BCUT2D eigenvalue weighted by atomic mass is 127. The van der Waals surface area contributed by atoms with Gasteiger partial charge < -0.3 is 25.0 Å². The van der Waals surface area contributed by atoms with Crippen LogP contribution >= 0.6 is 24.0 Å². The molecule has 2 fully saturated rings. The average Bonchev–Trinajstić information content (AvgIpc) is 3.28. The van der Waals surface area contributed by atoms with E-state index in [9.17, 15) is 0 Å². The SMILES string of the molecule is CN=C(NCC1CCN(c2cccc(OC)c2)C1)NCC(CC(C)C)N1CCOCC1.I. The van der Waals surface area contributed by atoms with Crippen LogP contribution in [0, 0.1) is 11.8 Å². The molecule has 2 unspecified atom stereocenters. The van der Waals surface area contributed by atoms with Crippen molar-refractivity contribution in [1.29, 1.82) is 0 Å². The second-order valence-electron chi connectivity index (χ2n) is 9.07. The van der Waals surface area contributed by atoms with Gasteiger partial charge in [0.25, 0.3) is 0 Å². The van der Waals surface area contributed by atoms with Crippen molar-refractivity contribution in [2.45, 2.75) is 32.7 Å². The number of anilines is 1. The minimum Gasteiger partial charge on any atom is -0.497 e. The fraction of sp³-hybridized carbons (Fsp3) is 0.708. The van der Waals surface area contributed by atoms with Crippen LogP contribution in [0.1, 0.15) is 26.7 Å². The van der Waals surface area contributed by atoms with E-state index >= 15 is 0 Å². The Kier molecular flexibility index (Phi) is 11.9. The highest BCUT2D eigenvalue weighted by Crippen LogP contribution is 2.26. The van der Waals surface area contributed by atoms with Gasteiger partial charge in [-0.15, -0.1) is 24.0 Å². The molecule has 0 aromatic heterocycles. The van der Waals surface area contributed by atoms with Gasteiger partial charge in [-0.1, -0.05) is 19.9 Å². The molecule has 2 aliphatic heterocycles. The summed E-state index contributed by atoms with van der Waals surface area (Å²) in [5, 5.41) is 7.14. The van der Waals surface area contributed by atoms with Gasteiger partial charge in [-0.3, -0.25) is 9.89 Å². The molecule has 0 radical (unpaired) electrons. The molecule has 2 aliphatic rings. The molecule has 2 N–H and O–H groups in total. The number of benzene rings is 1. The van der Waals surface area contributed by atoms with Crippen LogP contribution in [0.5, 0.6) is 5.75 Å². The molecule has 0 amide bonds. The third-order valence-corrected chi connectivity index (χ3v) is 6.30. The molecule has 2 atom stereocenters. The first-order chi connectivity index (χ1) is 15.1. The third-order valence-electron chi connectivity index (χ3n) is 6.30. The number of ether oxygens (including phenoxy) is 2. The summed E-state index contributed by atoms with van der Waals surface area (Å²) in [7, 11) is 3.58. The van der Waals surface area contributed by atoms with Crippen LogP contribution in [0.4, 0.5) is 5.69 Å². The molecular weight excluding hydrogens is 517 g/mol. The number of morpholine rings is 1. The quantitative estimate of drug-likeness (QED) is 0.276. The number of guanidine groups is 1. The van der Waals surface area contributed by atoms with Crippen molar-refractivity contribution in [3.05, 3.63) is 24.3 Å². The molecule has 8 heteroatoms. The van der Waals surface area contributed by atoms with Crippen LogP contribution < -0.4 is 20.3 Å². The average molecular weight is 560 g/mol. The van der Waals surface area contributed by atoms with E-state index in [1.807, 2.05) is 13.1 Å². The molecule has 2 saturated heterocycles. The minimum atomic E-state index is 0. The molecular formula is C24H42IN5O2. The van der Waals surface area contributed by atoms with Crippen molar-refractivity contribution in [1.82, 2.24) is 15.5 Å².